The number of ether oxygens (including phenoxy) is 3. The molecule has 1 aromatic carbocycles. The van der Waals surface area contributed by atoms with Crippen LogP contribution in [0.5, 0.6) is 17.2 Å². The molecule has 2 atom stereocenters. The molecular formula is C19H29NO4. The van der Waals surface area contributed by atoms with Gasteiger partial charge in [-0.1, -0.05) is 19.8 Å². The Bertz CT molecular complexity index is 533. The van der Waals surface area contributed by atoms with E-state index in [1.54, 1.807) is 21.3 Å². The van der Waals surface area contributed by atoms with Gasteiger partial charge in [0.15, 0.2) is 11.5 Å². The summed E-state index contributed by atoms with van der Waals surface area (Å²) in [5.74, 6) is 2.63. The van der Waals surface area contributed by atoms with Gasteiger partial charge in [0.1, 0.15) is 0 Å². The molecule has 1 amide bonds. The number of amides is 1. The number of carbonyl (C=O) groups excluding carboxylic acids is 1. The van der Waals surface area contributed by atoms with Crippen molar-refractivity contribution in [2.24, 2.45) is 5.92 Å². The van der Waals surface area contributed by atoms with Crippen LogP contribution in [0.3, 0.4) is 0 Å². The molecule has 24 heavy (non-hydrogen) atoms. The first-order valence-electron chi connectivity index (χ1n) is 8.65. The number of nitrogens with one attached hydrogen (secondary N) is 1. The van der Waals surface area contributed by atoms with Crippen LogP contribution in [0, 0.1) is 5.92 Å². The molecule has 0 radical (unpaired) electrons. The first-order chi connectivity index (χ1) is 11.6. The van der Waals surface area contributed by atoms with E-state index in [0.717, 1.165) is 18.4 Å². The third-order valence-electron chi connectivity index (χ3n) is 4.67. The number of carbonyl (C=O) groups is 1. The van der Waals surface area contributed by atoms with Crippen molar-refractivity contribution in [1.29, 1.82) is 0 Å². The maximum absolute atomic E-state index is 12.2. The van der Waals surface area contributed by atoms with Gasteiger partial charge >= 0.3 is 0 Å². The highest BCUT2D eigenvalue weighted by Gasteiger charge is 2.20. The summed E-state index contributed by atoms with van der Waals surface area (Å²) in [4.78, 5) is 12.2. The molecule has 2 rings (SSSR count). The Balaban J connectivity index is 1.94. The predicted molar refractivity (Wildman–Crippen MR) is 94.0 cm³/mol. The Morgan fingerprint density at radius 1 is 1.12 bits per heavy atom. The maximum Gasteiger partial charge on any atom is 0.220 e. The molecule has 1 aromatic rings. The third kappa shape index (κ3) is 4.79. The molecule has 2 unspecified atom stereocenters. The highest BCUT2D eigenvalue weighted by molar-refractivity contribution is 5.76. The number of hydrogen-bond acceptors (Lipinski definition) is 4. The van der Waals surface area contributed by atoms with Crippen molar-refractivity contribution in [1.82, 2.24) is 5.32 Å². The van der Waals surface area contributed by atoms with Gasteiger partial charge in [-0.05, 0) is 42.9 Å². The molecule has 1 aliphatic carbocycles. The highest BCUT2D eigenvalue weighted by Crippen LogP contribution is 2.38. The minimum absolute atomic E-state index is 0.114. The van der Waals surface area contributed by atoms with Crippen LogP contribution >= 0.6 is 0 Å². The van der Waals surface area contributed by atoms with E-state index in [1.165, 1.54) is 12.8 Å². The van der Waals surface area contributed by atoms with Gasteiger partial charge < -0.3 is 19.5 Å². The van der Waals surface area contributed by atoms with Crippen LogP contribution in [0.25, 0.3) is 0 Å². The first kappa shape index (κ1) is 18.4. The fourth-order valence-corrected chi connectivity index (χ4v) is 3.40. The van der Waals surface area contributed by atoms with E-state index in [-0.39, 0.29) is 5.91 Å². The van der Waals surface area contributed by atoms with Crippen molar-refractivity contribution in [3.8, 4) is 17.2 Å². The van der Waals surface area contributed by atoms with Crippen LogP contribution in [-0.2, 0) is 11.2 Å². The fourth-order valence-electron chi connectivity index (χ4n) is 3.40. The molecule has 1 fully saturated rings. The number of hydrogen-bond donors (Lipinski definition) is 1. The summed E-state index contributed by atoms with van der Waals surface area (Å²) in [5, 5.41) is 3.17. The van der Waals surface area contributed by atoms with Crippen molar-refractivity contribution in [3.05, 3.63) is 17.7 Å². The van der Waals surface area contributed by atoms with Gasteiger partial charge in [0.2, 0.25) is 11.7 Å². The van der Waals surface area contributed by atoms with E-state index in [2.05, 4.69) is 12.2 Å². The number of aryl methyl sites for hydroxylation is 1. The van der Waals surface area contributed by atoms with E-state index < -0.39 is 0 Å². The summed E-state index contributed by atoms with van der Waals surface area (Å²) in [6, 6.07) is 4.13. The summed E-state index contributed by atoms with van der Waals surface area (Å²) in [6.07, 6.45) is 5.78. The smallest absolute Gasteiger partial charge is 0.220 e. The second-order valence-electron chi connectivity index (χ2n) is 6.57. The Morgan fingerprint density at radius 3 is 2.33 bits per heavy atom. The molecule has 0 bridgehead atoms. The molecular weight excluding hydrogens is 306 g/mol. The summed E-state index contributed by atoms with van der Waals surface area (Å²) >= 11 is 0. The van der Waals surface area contributed by atoms with Crippen LogP contribution in [0.2, 0.25) is 0 Å². The van der Waals surface area contributed by atoms with Gasteiger partial charge in [-0.15, -0.1) is 0 Å². The minimum Gasteiger partial charge on any atom is -0.493 e. The van der Waals surface area contributed by atoms with E-state index in [0.29, 0.717) is 42.0 Å². The van der Waals surface area contributed by atoms with Gasteiger partial charge in [-0.3, -0.25) is 4.79 Å². The van der Waals surface area contributed by atoms with Crippen molar-refractivity contribution in [3.63, 3.8) is 0 Å². The normalized spacial score (nSPS) is 20.3. The van der Waals surface area contributed by atoms with E-state index in [4.69, 9.17) is 14.2 Å². The summed E-state index contributed by atoms with van der Waals surface area (Å²) in [6.45, 7) is 2.26. The monoisotopic (exact) mass is 335 g/mol. The number of rotatable bonds is 7. The number of methoxy groups -OCH3 is 3. The summed E-state index contributed by atoms with van der Waals surface area (Å²) < 4.78 is 16.0. The lowest BCUT2D eigenvalue weighted by molar-refractivity contribution is -0.122. The Hall–Kier alpha value is -1.91. The molecule has 5 heteroatoms. The quantitative estimate of drug-likeness (QED) is 0.830. The van der Waals surface area contributed by atoms with E-state index in [1.807, 2.05) is 12.1 Å². The lowest BCUT2D eigenvalue weighted by Gasteiger charge is -2.27. The van der Waals surface area contributed by atoms with Crippen LogP contribution in [0.1, 0.15) is 44.6 Å². The zero-order chi connectivity index (χ0) is 17.5. The Kier molecular flexibility index (Phi) is 6.76. The largest absolute Gasteiger partial charge is 0.493 e. The Labute approximate surface area is 144 Å². The standard InChI is InChI=1S/C19H29NO4/c1-13-6-5-7-15(10-13)20-18(21)9-8-14-11-16(22-2)19(24-4)17(12-14)23-3/h11-13,15H,5-10H2,1-4H3,(H,20,21). The highest BCUT2D eigenvalue weighted by atomic mass is 16.5. The lowest BCUT2D eigenvalue weighted by atomic mass is 9.87. The average Bonchev–Trinajstić information content (AvgIpc) is 2.58. The zero-order valence-corrected chi connectivity index (χ0v) is 15.2. The molecule has 0 heterocycles. The second-order valence-corrected chi connectivity index (χ2v) is 6.57. The zero-order valence-electron chi connectivity index (χ0n) is 15.2. The number of benzene rings is 1. The fraction of sp³-hybridized carbons (Fsp3) is 0.632. The van der Waals surface area contributed by atoms with Crippen LogP contribution < -0.4 is 19.5 Å². The molecule has 1 N–H and O–H groups in total. The maximum atomic E-state index is 12.2. The summed E-state index contributed by atoms with van der Waals surface area (Å²) in [5.41, 5.74) is 0.997. The molecule has 0 saturated heterocycles. The third-order valence-corrected chi connectivity index (χ3v) is 4.67. The predicted octanol–water partition coefficient (Wildman–Crippen LogP) is 3.34. The molecule has 0 aliphatic heterocycles. The second kappa shape index (κ2) is 8.81. The SMILES string of the molecule is COc1cc(CCC(=O)NC2CCCC(C)C2)cc(OC)c1OC. The van der Waals surface area contributed by atoms with Gasteiger partial charge in [0.25, 0.3) is 0 Å². The van der Waals surface area contributed by atoms with Gasteiger partial charge in [0, 0.05) is 12.5 Å². The van der Waals surface area contributed by atoms with Gasteiger partial charge in [-0.2, -0.15) is 0 Å². The average molecular weight is 335 g/mol. The lowest BCUT2D eigenvalue weighted by Crippen LogP contribution is -2.38. The minimum atomic E-state index is 0.114. The molecule has 0 spiro atoms. The van der Waals surface area contributed by atoms with E-state index in [9.17, 15) is 4.79 Å². The molecule has 1 saturated carbocycles. The van der Waals surface area contributed by atoms with Crippen molar-refractivity contribution in [2.45, 2.75) is 51.5 Å². The van der Waals surface area contributed by atoms with Crippen molar-refractivity contribution >= 4 is 5.91 Å². The van der Waals surface area contributed by atoms with Crippen LogP contribution in [-0.4, -0.2) is 33.3 Å². The Morgan fingerprint density at radius 2 is 1.79 bits per heavy atom. The molecule has 0 aromatic heterocycles. The summed E-state index contributed by atoms with van der Waals surface area (Å²) in [7, 11) is 4.77. The van der Waals surface area contributed by atoms with Crippen molar-refractivity contribution < 1.29 is 19.0 Å². The van der Waals surface area contributed by atoms with E-state index >= 15 is 0 Å². The van der Waals surface area contributed by atoms with Crippen LogP contribution in [0.15, 0.2) is 12.1 Å². The molecule has 5 nitrogen and oxygen atoms in total. The topological polar surface area (TPSA) is 56.8 Å². The van der Waals surface area contributed by atoms with Gasteiger partial charge in [-0.25, -0.2) is 0 Å². The van der Waals surface area contributed by atoms with Crippen molar-refractivity contribution in [2.75, 3.05) is 21.3 Å². The molecule has 134 valence electrons. The first-order valence-corrected chi connectivity index (χ1v) is 8.65. The van der Waals surface area contributed by atoms with Crippen LogP contribution in [0.4, 0.5) is 0 Å². The molecule has 1 aliphatic rings. The van der Waals surface area contributed by atoms with Gasteiger partial charge in [0.05, 0.1) is 21.3 Å².